The molecule has 4 rings (SSSR count). The maximum absolute atomic E-state index is 14.6. The molecule has 3 saturated heterocycles. The Hall–Kier alpha value is -3.11. The number of nitrogens with zero attached hydrogens (tertiary/aromatic N) is 3. The van der Waals surface area contributed by atoms with Gasteiger partial charge in [-0.2, -0.15) is 0 Å². The average molecular weight is 844 g/mol. The van der Waals surface area contributed by atoms with Gasteiger partial charge < -0.3 is 43.6 Å². The van der Waals surface area contributed by atoms with Gasteiger partial charge in [0.2, 0.25) is 5.91 Å². The molecule has 2 N–H and O–H groups in total. The Labute approximate surface area is 357 Å². The van der Waals surface area contributed by atoms with E-state index in [1.54, 1.807) is 13.8 Å². The Morgan fingerprint density at radius 1 is 1.03 bits per heavy atom. The van der Waals surface area contributed by atoms with E-state index in [4.69, 9.17) is 28.5 Å². The van der Waals surface area contributed by atoms with E-state index in [0.717, 1.165) is 18.5 Å². The van der Waals surface area contributed by atoms with Crippen LogP contribution >= 0.6 is 0 Å². The number of esters is 1. The van der Waals surface area contributed by atoms with Gasteiger partial charge in [-0.3, -0.25) is 14.4 Å². The number of aliphatic imine (C=N–C) groups is 1. The van der Waals surface area contributed by atoms with Crippen LogP contribution in [0.25, 0.3) is 0 Å². The fourth-order valence-corrected chi connectivity index (χ4v) is 8.98. The van der Waals surface area contributed by atoms with Crippen molar-refractivity contribution in [3.63, 3.8) is 0 Å². The zero-order valence-corrected chi connectivity index (χ0v) is 38.3. The Kier molecular flexibility index (Phi) is 17.2. The van der Waals surface area contributed by atoms with Crippen molar-refractivity contribution in [1.82, 2.24) is 4.90 Å². The number of hydrogen-bond acceptors (Lipinski definition) is 13. The van der Waals surface area contributed by atoms with Crippen LogP contribution in [0.4, 0.5) is 0 Å². The number of ketones is 1. The second kappa shape index (κ2) is 20.8. The van der Waals surface area contributed by atoms with Gasteiger partial charge in [0.25, 0.3) is 0 Å². The molecular formula is C46H73N3O11. The highest BCUT2D eigenvalue weighted by atomic mass is 16.7. The predicted octanol–water partition coefficient (Wildman–Crippen LogP) is 5.93. The smallest absolute Gasteiger partial charge is 0.316 e. The van der Waals surface area contributed by atoms with E-state index in [1.165, 1.54) is 20.8 Å². The summed E-state index contributed by atoms with van der Waals surface area (Å²) in [5, 5.41) is 28.9. The third-order valence-corrected chi connectivity index (χ3v) is 12.5. The van der Waals surface area contributed by atoms with E-state index in [0.29, 0.717) is 17.8 Å². The first-order valence-electron chi connectivity index (χ1n) is 21.7. The van der Waals surface area contributed by atoms with Crippen molar-refractivity contribution in [2.75, 3.05) is 26.8 Å². The molecule has 3 fully saturated rings. The number of amides is 1. The van der Waals surface area contributed by atoms with E-state index in [2.05, 4.69) is 35.8 Å². The molecule has 3 aliphatic rings. The third-order valence-electron chi connectivity index (χ3n) is 12.5. The second-order valence-corrected chi connectivity index (χ2v) is 19.1. The molecule has 3 heterocycles. The number of fused-ring (bicyclic) bond motifs is 5. The summed E-state index contributed by atoms with van der Waals surface area (Å²) in [7, 11) is 1.99. The fraction of sp³-hybridized carbons (Fsp3) is 0.761. The van der Waals surface area contributed by atoms with Crippen LogP contribution in [0.3, 0.4) is 0 Å². The molecule has 0 spiro atoms. The van der Waals surface area contributed by atoms with Crippen molar-refractivity contribution < 1.29 is 53.1 Å². The lowest BCUT2D eigenvalue weighted by Crippen LogP contribution is -2.60. The lowest BCUT2D eigenvalue weighted by molar-refractivity contribution is -0.297. The normalized spacial score (nSPS) is 37.9. The number of Topliss-reactive ketones (excluding diaryl/α,β-unsaturated/α-hetero) is 1. The summed E-state index contributed by atoms with van der Waals surface area (Å²) in [6.07, 6.45) is -4.11. The van der Waals surface area contributed by atoms with Crippen molar-refractivity contribution in [3.05, 3.63) is 35.9 Å². The Balaban J connectivity index is 1.91. The minimum Gasteiger partial charge on any atom is -0.459 e. The summed E-state index contributed by atoms with van der Waals surface area (Å²) in [5.41, 5.74) is -1.49. The molecule has 0 aromatic heterocycles. The van der Waals surface area contributed by atoms with E-state index >= 15 is 0 Å². The third kappa shape index (κ3) is 12.5. The highest BCUT2D eigenvalue weighted by Gasteiger charge is 2.53. The van der Waals surface area contributed by atoms with Gasteiger partial charge >= 0.3 is 5.97 Å². The van der Waals surface area contributed by atoms with Crippen LogP contribution in [0.1, 0.15) is 114 Å². The molecule has 0 saturated carbocycles. The van der Waals surface area contributed by atoms with E-state index in [-0.39, 0.29) is 50.2 Å². The monoisotopic (exact) mass is 844 g/mol. The van der Waals surface area contributed by atoms with Crippen LogP contribution in [0, 0.1) is 29.1 Å². The lowest BCUT2D eigenvalue weighted by Gasteiger charge is -2.48. The molecule has 14 nitrogen and oxygen atoms in total. The van der Waals surface area contributed by atoms with Crippen LogP contribution in [0.15, 0.2) is 40.5 Å². The van der Waals surface area contributed by atoms with Gasteiger partial charge in [0.05, 0.1) is 37.1 Å². The number of benzene rings is 1. The molecule has 1 amide bonds. The van der Waals surface area contributed by atoms with E-state index in [1.807, 2.05) is 65.1 Å². The Morgan fingerprint density at radius 3 is 2.32 bits per heavy atom. The van der Waals surface area contributed by atoms with Crippen molar-refractivity contribution >= 4 is 29.1 Å². The van der Waals surface area contributed by atoms with Gasteiger partial charge in [0, 0.05) is 30.5 Å². The predicted molar refractivity (Wildman–Crippen MR) is 228 cm³/mol. The molecule has 2 bridgehead atoms. The molecule has 0 radical (unpaired) electrons. The molecule has 1 aromatic carbocycles. The van der Waals surface area contributed by atoms with Crippen LogP contribution in [-0.2, 0) is 49.5 Å². The maximum atomic E-state index is 14.6. The summed E-state index contributed by atoms with van der Waals surface area (Å²) >= 11 is 0. The topological polar surface area (TPSA) is 175 Å². The molecule has 0 unspecified atom stereocenters. The summed E-state index contributed by atoms with van der Waals surface area (Å²) in [5.74, 6) is -5.23. The first-order valence-corrected chi connectivity index (χ1v) is 21.7. The van der Waals surface area contributed by atoms with Gasteiger partial charge in [-0.1, -0.05) is 84.0 Å². The van der Waals surface area contributed by atoms with Crippen LogP contribution in [-0.4, -0.2) is 125 Å². The van der Waals surface area contributed by atoms with Crippen molar-refractivity contribution in [2.24, 2.45) is 39.2 Å². The standard InChI is InChI=1S/C46H73N3O11/c1-14-36-46(12,54)41-29(4)37(47-32(7)50)27(2)23-45(11,56-26-34(25-55-41)48-57-24-33-18-16-15-17-19-33)40(30(5)38(51)31(6)42(53)59-36)60-43-39(52)35(22-28(3)58-43)49(13)21-20-44(8,9)10/h15-19,27-31,35-36,39-41,43,52,54H,14,20-26H2,1-13H3/b47-37+,48-34+/t27-,28-,29+,30+,31-,35+,36-,39-,40-,41-,43+,45-,46-/m1/s1. The minimum atomic E-state index is -1.83. The number of cyclic esters (lactones) is 1. The summed E-state index contributed by atoms with van der Waals surface area (Å²) in [6, 6.07) is 9.23. The first-order chi connectivity index (χ1) is 28.0. The van der Waals surface area contributed by atoms with Crippen molar-refractivity contribution in [2.45, 2.75) is 169 Å². The molecule has 13 atom stereocenters. The molecule has 60 heavy (non-hydrogen) atoms. The van der Waals surface area contributed by atoms with E-state index < -0.39 is 83.2 Å². The van der Waals surface area contributed by atoms with Gasteiger partial charge in [-0.15, -0.1) is 0 Å². The quantitative estimate of drug-likeness (QED) is 0.171. The SMILES string of the molecule is CC[C@H]1OC(=O)[C@H](C)C(=O)[C@H](C)[C@@H](O[C@@H]2O[C@H](C)C[C@H](N(C)CCC(C)(C)C)[C@H]2O)[C@@]2(C)C[C@@H](C)/C(=N\C(C)=O)[C@H](C)[C@@H](OC/C(=N\OCc3ccccc3)CO2)[C@]1(C)O. The van der Waals surface area contributed by atoms with Gasteiger partial charge in [0.15, 0.2) is 12.1 Å². The van der Waals surface area contributed by atoms with Gasteiger partial charge in [0.1, 0.15) is 36.0 Å². The summed E-state index contributed by atoms with van der Waals surface area (Å²) < 4.78 is 32.8. The number of carbonyl (C=O) groups is 3. The molecule has 1 aromatic rings. The molecule has 0 aliphatic carbocycles. The summed E-state index contributed by atoms with van der Waals surface area (Å²) in [6.45, 7) is 22.4. The van der Waals surface area contributed by atoms with Crippen LogP contribution < -0.4 is 0 Å². The van der Waals surface area contributed by atoms with Gasteiger partial charge in [-0.05, 0) is 83.9 Å². The number of rotatable bonds is 9. The number of hydrogen-bond donors (Lipinski definition) is 2. The zero-order chi connectivity index (χ0) is 44.7. The fourth-order valence-electron chi connectivity index (χ4n) is 8.98. The largest absolute Gasteiger partial charge is 0.459 e. The highest BCUT2D eigenvalue weighted by Crippen LogP contribution is 2.40. The maximum Gasteiger partial charge on any atom is 0.316 e. The van der Waals surface area contributed by atoms with Crippen LogP contribution in [0.5, 0.6) is 0 Å². The number of ether oxygens (including phenoxy) is 5. The number of aliphatic hydroxyl groups excluding tert-OH is 1. The zero-order valence-electron chi connectivity index (χ0n) is 38.3. The lowest BCUT2D eigenvalue weighted by atomic mass is 9.73. The first kappa shape index (κ1) is 49.5. The second-order valence-electron chi connectivity index (χ2n) is 19.1. The minimum absolute atomic E-state index is 0.0806. The van der Waals surface area contributed by atoms with Crippen molar-refractivity contribution in [3.8, 4) is 0 Å². The highest BCUT2D eigenvalue weighted by molar-refractivity contribution is 6.00. The molecular weight excluding hydrogens is 771 g/mol. The van der Waals surface area contributed by atoms with Gasteiger partial charge in [-0.25, -0.2) is 4.99 Å². The Morgan fingerprint density at radius 2 is 1.70 bits per heavy atom. The summed E-state index contributed by atoms with van der Waals surface area (Å²) in [4.78, 5) is 53.9. The number of aliphatic hydroxyl groups is 2. The Bertz CT molecular complexity index is 1660. The number of carbonyl (C=O) groups excluding carboxylic acids is 3. The van der Waals surface area contributed by atoms with Crippen LogP contribution in [0.2, 0.25) is 0 Å². The molecule has 3 aliphatic heterocycles. The number of oxime groups is 1. The average Bonchev–Trinajstić information content (AvgIpc) is 3.19. The van der Waals surface area contributed by atoms with Crippen molar-refractivity contribution in [1.29, 1.82) is 0 Å². The molecule has 338 valence electrons. The van der Waals surface area contributed by atoms with E-state index in [9.17, 15) is 24.6 Å². The molecule has 14 heteroatoms. The number of likely N-dealkylation sites (N-methyl/N-ethyl adjacent to an activating group) is 1.